The van der Waals surface area contributed by atoms with Gasteiger partial charge in [0.05, 0.1) is 13.2 Å². The summed E-state index contributed by atoms with van der Waals surface area (Å²) in [5.41, 5.74) is -0.454. The van der Waals surface area contributed by atoms with Gasteiger partial charge in [-0.3, -0.25) is 38.5 Å². The van der Waals surface area contributed by atoms with Crippen LogP contribution in [0.4, 0.5) is 0 Å². The Morgan fingerprint density at radius 2 is 1.74 bits per heavy atom. The molecule has 380 valence electrons. The minimum absolute atomic E-state index is 0.0618. The number of hydrogen-bond acceptors (Lipinski definition) is 9. The molecule has 1 aliphatic carbocycles. The second-order valence-electron chi connectivity index (χ2n) is 18.9. The molecule has 4 rings (SSSR count). The molecule has 1 aromatic rings. The van der Waals surface area contributed by atoms with Gasteiger partial charge in [0.2, 0.25) is 17.7 Å². The largest absolute Gasteiger partial charge is 0.379 e. The predicted molar refractivity (Wildman–Crippen MR) is 269 cm³/mol. The Morgan fingerprint density at radius 3 is 2.36 bits per heavy atom. The summed E-state index contributed by atoms with van der Waals surface area (Å²) in [5, 5.41) is 6.45. The van der Waals surface area contributed by atoms with Crippen LogP contribution in [0, 0.1) is 23.7 Å². The van der Waals surface area contributed by atoms with Crippen molar-refractivity contribution in [1.82, 2.24) is 30.2 Å². The van der Waals surface area contributed by atoms with Crippen molar-refractivity contribution in [2.45, 2.75) is 149 Å². The third-order valence-electron chi connectivity index (χ3n) is 13.0. The molecule has 4 atom stereocenters. The number of likely N-dealkylation sites (N-methyl/N-ethyl adjacent to an activating group) is 1. The normalized spacial score (nSPS) is 21.6. The molecule has 0 spiro atoms. The number of morpholine rings is 1. The maximum Gasteiger partial charge on any atom is 0.269 e. The van der Waals surface area contributed by atoms with E-state index < -0.39 is 70.9 Å². The summed E-state index contributed by atoms with van der Waals surface area (Å²) in [6, 6.07) is 0.315. The van der Waals surface area contributed by atoms with Crippen molar-refractivity contribution in [3.05, 3.63) is 33.8 Å². The van der Waals surface area contributed by atoms with E-state index in [-0.39, 0.29) is 69.0 Å². The Bertz CT molecular complexity index is 2100. The molecule has 2 N–H and O–H groups in total. The molecule has 0 radical (unpaired) electrons. The van der Waals surface area contributed by atoms with Gasteiger partial charge in [-0.1, -0.05) is 70.2 Å². The highest BCUT2D eigenvalue weighted by atomic mass is 35.5. The monoisotopic (exact) mass is 997 g/mol. The van der Waals surface area contributed by atoms with Crippen LogP contribution in [0.1, 0.15) is 124 Å². The second-order valence-corrected chi connectivity index (χ2v) is 19.8. The number of halogens is 2. The molecular weight excluding hydrogens is 924 g/mol. The number of nitrogens with one attached hydrogen (secondary N) is 2. The summed E-state index contributed by atoms with van der Waals surface area (Å²) < 4.78 is 5.49. The topological polar surface area (TPSA) is 190 Å². The lowest BCUT2D eigenvalue weighted by molar-refractivity contribution is -0.144. The number of terminal acetylenes is 1. The minimum atomic E-state index is -1.23. The Kier molecular flexibility index (Phi) is 22.8. The molecule has 1 saturated carbocycles. The predicted octanol–water partition coefficient (Wildman–Crippen LogP) is 5.69. The van der Waals surface area contributed by atoms with Crippen LogP contribution in [0.2, 0.25) is 10.0 Å². The first-order chi connectivity index (χ1) is 32.9. The Balaban J connectivity index is 1.76. The van der Waals surface area contributed by atoms with E-state index in [9.17, 15) is 28.8 Å². The number of ether oxygens (including phenoxy) is 1. The molecule has 3 aliphatic rings. The lowest BCUT2D eigenvalue weighted by Crippen LogP contribution is -2.58. The summed E-state index contributed by atoms with van der Waals surface area (Å²) >= 11 is 13.1. The van der Waals surface area contributed by atoms with E-state index in [2.05, 4.69) is 31.4 Å². The molecule has 2 aliphatic heterocycles. The van der Waals surface area contributed by atoms with Crippen LogP contribution in [0.5, 0.6) is 0 Å². The number of hydrogen-bond donors (Lipinski definition) is 2. The van der Waals surface area contributed by atoms with E-state index in [1.54, 1.807) is 32.2 Å². The quantitative estimate of drug-likeness (QED) is 0.0997. The highest BCUT2D eigenvalue weighted by molar-refractivity contribution is 6.41. The van der Waals surface area contributed by atoms with Crippen LogP contribution >= 0.6 is 23.2 Å². The van der Waals surface area contributed by atoms with E-state index >= 15 is 4.79 Å². The van der Waals surface area contributed by atoms with Crippen molar-refractivity contribution in [3.8, 4) is 12.3 Å². The molecule has 0 aromatic heterocycles. The van der Waals surface area contributed by atoms with Gasteiger partial charge in [0.15, 0.2) is 0 Å². The fourth-order valence-corrected chi connectivity index (χ4v) is 9.03. The molecular formula is C51H74Cl2N8O8. The maximum atomic E-state index is 15.1. The number of rotatable bonds is 19. The van der Waals surface area contributed by atoms with Crippen LogP contribution in [0.15, 0.2) is 28.2 Å². The SMILES string of the molecule is C#CC1(C(=O)N[C@@H](CC)C(=O)N=C(CCCCN2CCOCC2)C(=O)N(C)[C@H]2CCCCN(C)C(=O)C(CCC)=NC(=O)[C@H](Cc3cc(Cl)ccc3Cl)N(CCC)C(=O)[C@H](CC(C)C)NC2=O)CC1. The van der Waals surface area contributed by atoms with Crippen molar-refractivity contribution in [1.29, 1.82) is 0 Å². The molecule has 0 bridgehead atoms. The number of carbonyl (C=O) groups excluding carboxylic acids is 7. The Hall–Kier alpha value is -4.69. The van der Waals surface area contributed by atoms with Crippen LogP contribution in [-0.2, 0) is 44.7 Å². The lowest BCUT2D eigenvalue weighted by Gasteiger charge is -2.35. The molecule has 16 nitrogen and oxygen atoms in total. The molecule has 1 saturated heterocycles. The number of aliphatic imine (C=N–C) groups is 2. The molecule has 2 fully saturated rings. The fraction of sp³-hybridized carbons (Fsp3) is 0.667. The second kappa shape index (κ2) is 27.6. The van der Waals surface area contributed by atoms with Crippen LogP contribution in [0.3, 0.4) is 0 Å². The third-order valence-corrected chi connectivity index (χ3v) is 13.6. The number of unbranched alkanes of at least 4 members (excludes halogenated alkanes) is 1. The number of carbonyl (C=O) groups is 7. The minimum Gasteiger partial charge on any atom is -0.379 e. The van der Waals surface area contributed by atoms with Gasteiger partial charge >= 0.3 is 0 Å². The highest BCUT2D eigenvalue weighted by Crippen LogP contribution is 2.45. The molecule has 0 unspecified atom stereocenters. The molecule has 18 heteroatoms. The number of benzene rings is 1. The first kappa shape index (κ1) is 56.9. The first-order valence-electron chi connectivity index (χ1n) is 24.8. The van der Waals surface area contributed by atoms with Gasteiger partial charge in [-0.05, 0) is 113 Å². The zero-order valence-electron chi connectivity index (χ0n) is 41.8. The van der Waals surface area contributed by atoms with Gasteiger partial charge in [0.25, 0.3) is 23.6 Å². The van der Waals surface area contributed by atoms with Gasteiger partial charge in [0, 0.05) is 56.7 Å². The fourth-order valence-electron chi connectivity index (χ4n) is 8.64. The summed E-state index contributed by atoms with van der Waals surface area (Å²) in [6.07, 6.45) is 10.5. The van der Waals surface area contributed by atoms with E-state index in [0.29, 0.717) is 80.2 Å². The van der Waals surface area contributed by atoms with E-state index in [1.165, 1.54) is 21.7 Å². The smallest absolute Gasteiger partial charge is 0.269 e. The van der Waals surface area contributed by atoms with Gasteiger partial charge in [-0.2, -0.15) is 0 Å². The van der Waals surface area contributed by atoms with Crippen LogP contribution in [0.25, 0.3) is 0 Å². The maximum absolute atomic E-state index is 15.1. The average molecular weight is 998 g/mol. The van der Waals surface area contributed by atoms with E-state index in [4.69, 9.17) is 34.4 Å². The number of amides is 7. The van der Waals surface area contributed by atoms with Gasteiger partial charge < -0.3 is 30.1 Å². The third kappa shape index (κ3) is 16.4. The summed E-state index contributed by atoms with van der Waals surface area (Å²) in [4.78, 5) is 116. The highest BCUT2D eigenvalue weighted by Gasteiger charge is 2.49. The molecule has 7 amide bonds. The molecule has 2 heterocycles. The van der Waals surface area contributed by atoms with Gasteiger partial charge in [0.1, 0.15) is 41.0 Å². The summed E-state index contributed by atoms with van der Waals surface area (Å²) in [7, 11) is 3.10. The Morgan fingerprint density at radius 1 is 1.03 bits per heavy atom. The van der Waals surface area contributed by atoms with E-state index in [1.807, 2.05) is 27.7 Å². The Labute approximate surface area is 419 Å². The lowest BCUT2D eigenvalue weighted by atomic mass is 9.98. The van der Waals surface area contributed by atoms with Crippen LogP contribution in [-0.4, -0.2) is 157 Å². The first-order valence-corrected chi connectivity index (χ1v) is 25.5. The number of nitrogens with zero attached hydrogens (tertiary/aromatic N) is 6. The molecule has 69 heavy (non-hydrogen) atoms. The van der Waals surface area contributed by atoms with Gasteiger partial charge in [-0.25, -0.2) is 9.98 Å². The zero-order valence-corrected chi connectivity index (χ0v) is 43.3. The van der Waals surface area contributed by atoms with Crippen molar-refractivity contribution >= 4 is 76.0 Å². The van der Waals surface area contributed by atoms with Crippen LogP contribution < -0.4 is 10.6 Å². The standard InChI is InChI=1S/C51H74Cl2N8O8/c1-9-17-39-47(65)58(7)25-15-14-19-42(45(63)56-41(31-34(5)6)49(67)61(24-10-2)43(46(64)55-39)33-35-32-36(52)20-21-37(35)53)59(8)48(66)40(18-13-16-26-60-27-29-69-30-28-60)54-44(62)38(11-3)57-50(68)51(12-4)22-23-51/h4,20-21,32,34,38,41-43H,9-11,13-19,22-31,33H2,1-3,5-8H3,(H,56,63)(H,57,68)/t38-,41-,42-,43-/m0/s1. The van der Waals surface area contributed by atoms with Crippen molar-refractivity contribution in [2.24, 2.45) is 21.3 Å². The zero-order chi connectivity index (χ0) is 50.8. The summed E-state index contributed by atoms with van der Waals surface area (Å²) in [6.45, 7) is 13.3. The average Bonchev–Trinajstić information content (AvgIpc) is 4.14. The van der Waals surface area contributed by atoms with Crippen molar-refractivity contribution < 1.29 is 38.3 Å². The van der Waals surface area contributed by atoms with Crippen molar-refractivity contribution in [3.63, 3.8) is 0 Å². The van der Waals surface area contributed by atoms with Gasteiger partial charge in [-0.15, -0.1) is 6.42 Å². The summed E-state index contributed by atoms with van der Waals surface area (Å²) in [5.74, 6) is -1.62. The van der Waals surface area contributed by atoms with Crippen molar-refractivity contribution in [2.75, 3.05) is 60.0 Å². The van der Waals surface area contributed by atoms with E-state index in [0.717, 1.165) is 19.6 Å². The molecule has 1 aromatic carbocycles.